The van der Waals surface area contributed by atoms with Crippen molar-refractivity contribution >= 4 is 11.8 Å². The molecule has 7 heteroatoms. The van der Waals surface area contributed by atoms with Crippen molar-refractivity contribution in [2.24, 2.45) is 17.8 Å². The smallest absolute Gasteiger partial charge is 0.269 e. The largest absolute Gasteiger partial charge is 0.483 e. The third kappa shape index (κ3) is 4.54. The zero-order valence-electron chi connectivity index (χ0n) is 19.2. The summed E-state index contributed by atoms with van der Waals surface area (Å²) in [4.78, 5) is 28.7. The number of hydrogen-bond acceptors (Lipinski definition) is 5. The zero-order valence-corrected chi connectivity index (χ0v) is 19.2. The molecule has 33 heavy (non-hydrogen) atoms. The van der Waals surface area contributed by atoms with Crippen molar-refractivity contribution in [3.63, 3.8) is 0 Å². The molecule has 174 valence electrons. The number of aromatic nitrogens is 1. The fraction of sp³-hybridized carbons (Fsp3) is 0.500. The maximum atomic E-state index is 12.8. The molecule has 2 aromatic rings. The van der Waals surface area contributed by atoms with Crippen LogP contribution in [0.15, 0.2) is 36.5 Å². The number of nitrogens with one attached hydrogen (secondary N) is 2. The van der Waals surface area contributed by atoms with Crippen LogP contribution in [0.25, 0.3) is 0 Å². The molecule has 2 amide bonds. The van der Waals surface area contributed by atoms with E-state index in [4.69, 9.17) is 9.47 Å². The summed E-state index contributed by atoms with van der Waals surface area (Å²) >= 11 is 0. The fourth-order valence-electron chi connectivity index (χ4n) is 6.45. The van der Waals surface area contributed by atoms with E-state index in [-0.39, 0.29) is 29.7 Å². The van der Waals surface area contributed by atoms with E-state index >= 15 is 0 Å². The first-order valence-electron chi connectivity index (χ1n) is 11.8. The van der Waals surface area contributed by atoms with Gasteiger partial charge in [-0.1, -0.05) is 6.07 Å². The molecule has 0 aliphatic heterocycles. The predicted octanol–water partition coefficient (Wildman–Crippen LogP) is 4.01. The Morgan fingerprint density at radius 1 is 1.06 bits per heavy atom. The van der Waals surface area contributed by atoms with Gasteiger partial charge < -0.3 is 20.1 Å². The van der Waals surface area contributed by atoms with Crippen LogP contribution in [-0.4, -0.2) is 36.0 Å². The third-order valence-electron chi connectivity index (χ3n) is 7.45. The molecule has 4 bridgehead atoms. The van der Waals surface area contributed by atoms with Crippen molar-refractivity contribution < 1.29 is 19.1 Å². The minimum atomic E-state index is -0.278. The Balaban J connectivity index is 1.22. The predicted molar refractivity (Wildman–Crippen MR) is 123 cm³/mol. The minimum absolute atomic E-state index is 0.0118. The van der Waals surface area contributed by atoms with Gasteiger partial charge in [0.1, 0.15) is 22.9 Å². The Kier molecular flexibility index (Phi) is 5.72. The molecule has 0 radical (unpaired) electrons. The van der Waals surface area contributed by atoms with Crippen LogP contribution in [0.2, 0.25) is 0 Å². The lowest BCUT2D eigenvalue weighted by Gasteiger charge is -2.56. The van der Waals surface area contributed by atoms with Gasteiger partial charge in [-0.25, -0.2) is 0 Å². The molecule has 1 heterocycles. The number of hydrogen-bond donors (Lipinski definition) is 2. The van der Waals surface area contributed by atoms with Crippen LogP contribution in [0.5, 0.6) is 17.2 Å². The van der Waals surface area contributed by atoms with Crippen LogP contribution >= 0.6 is 0 Å². The van der Waals surface area contributed by atoms with Crippen molar-refractivity contribution in [2.45, 2.75) is 51.0 Å². The summed E-state index contributed by atoms with van der Waals surface area (Å²) in [6, 6.07) is 8.78. The van der Waals surface area contributed by atoms with Gasteiger partial charge in [0.15, 0.2) is 6.61 Å². The van der Waals surface area contributed by atoms with E-state index in [1.165, 1.54) is 25.5 Å². The molecule has 0 unspecified atom stereocenters. The number of carbonyl (C=O) groups is 2. The van der Waals surface area contributed by atoms with E-state index < -0.39 is 0 Å². The molecule has 6 rings (SSSR count). The quantitative estimate of drug-likeness (QED) is 0.667. The van der Waals surface area contributed by atoms with E-state index in [1.54, 1.807) is 19.2 Å². The van der Waals surface area contributed by atoms with Gasteiger partial charge >= 0.3 is 0 Å². The van der Waals surface area contributed by atoms with Gasteiger partial charge in [0, 0.05) is 30.4 Å². The number of rotatable bonds is 7. The average Bonchev–Trinajstić information content (AvgIpc) is 2.78. The summed E-state index contributed by atoms with van der Waals surface area (Å²) in [6.45, 7) is 1.88. The van der Waals surface area contributed by atoms with Gasteiger partial charge in [-0.3, -0.25) is 14.6 Å². The number of benzene rings is 1. The number of ether oxygens (including phenoxy) is 2. The average molecular weight is 450 g/mol. The highest BCUT2D eigenvalue weighted by atomic mass is 16.5. The molecule has 4 aliphatic rings. The minimum Gasteiger partial charge on any atom is -0.483 e. The summed E-state index contributed by atoms with van der Waals surface area (Å²) in [6.07, 6.45) is 8.94. The Morgan fingerprint density at radius 2 is 1.73 bits per heavy atom. The summed E-state index contributed by atoms with van der Waals surface area (Å²) in [5.41, 5.74) is 1.05. The normalized spacial score (nSPS) is 27.2. The standard InChI is InChI=1S/C26H31N3O4/c1-16-22(4-3-5-23(16)33-20-6-7-28-21(11-20)25(31)27-2)32-15-24(30)29-26-12-17-8-18(13-26)10-19(9-17)14-26/h3-7,11,17-19H,8-10,12-15H2,1-2H3,(H,27,31)(H,29,30). The second-order valence-corrected chi connectivity index (χ2v) is 9.97. The molecule has 1 aromatic heterocycles. The zero-order chi connectivity index (χ0) is 23.0. The first-order chi connectivity index (χ1) is 15.9. The number of nitrogens with zero attached hydrogens (tertiary/aromatic N) is 1. The van der Waals surface area contributed by atoms with Gasteiger partial charge in [-0.15, -0.1) is 0 Å². The van der Waals surface area contributed by atoms with Crippen molar-refractivity contribution in [3.05, 3.63) is 47.8 Å². The number of amides is 2. The van der Waals surface area contributed by atoms with Crippen molar-refractivity contribution in [3.8, 4) is 17.2 Å². The first kappa shape index (κ1) is 21.7. The molecule has 4 fully saturated rings. The highest BCUT2D eigenvalue weighted by molar-refractivity contribution is 5.92. The molecular formula is C26H31N3O4. The Bertz CT molecular complexity index is 1030. The van der Waals surface area contributed by atoms with Crippen LogP contribution in [0, 0.1) is 24.7 Å². The van der Waals surface area contributed by atoms with Gasteiger partial charge in [0.05, 0.1) is 0 Å². The first-order valence-corrected chi connectivity index (χ1v) is 11.8. The molecule has 1 aromatic carbocycles. The third-order valence-corrected chi connectivity index (χ3v) is 7.45. The Hall–Kier alpha value is -3.09. The molecule has 0 atom stereocenters. The van der Waals surface area contributed by atoms with Crippen LogP contribution in [-0.2, 0) is 4.79 Å². The molecule has 4 saturated carbocycles. The Morgan fingerprint density at radius 3 is 2.39 bits per heavy atom. The van der Waals surface area contributed by atoms with E-state index in [1.807, 2.05) is 25.1 Å². The SMILES string of the molecule is CNC(=O)c1cc(Oc2cccc(OCC(=O)NC34CC5CC(CC(C5)C3)C4)c2C)ccn1. The van der Waals surface area contributed by atoms with E-state index in [2.05, 4.69) is 15.6 Å². The number of pyridine rings is 1. The molecule has 7 nitrogen and oxygen atoms in total. The summed E-state index contributed by atoms with van der Waals surface area (Å²) < 4.78 is 11.9. The van der Waals surface area contributed by atoms with Gasteiger partial charge in [-0.05, 0) is 81.4 Å². The highest BCUT2D eigenvalue weighted by Crippen LogP contribution is 2.55. The second kappa shape index (κ2) is 8.69. The monoisotopic (exact) mass is 449 g/mol. The van der Waals surface area contributed by atoms with Crippen LogP contribution in [0.4, 0.5) is 0 Å². The van der Waals surface area contributed by atoms with Gasteiger partial charge in [0.2, 0.25) is 0 Å². The lowest BCUT2D eigenvalue weighted by Crippen LogP contribution is -2.60. The van der Waals surface area contributed by atoms with Crippen LogP contribution in [0.3, 0.4) is 0 Å². The van der Waals surface area contributed by atoms with Crippen LogP contribution in [0.1, 0.15) is 54.6 Å². The fourth-order valence-corrected chi connectivity index (χ4v) is 6.45. The summed E-state index contributed by atoms with van der Waals surface area (Å²) in [7, 11) is 1.56. The molecule has 0 saturated heterocycles. The Labute approximate surface area is 194 Å². The van der Waals surface area contributed by atoms with E-state index in [0.717, 1.165) is 42.6 Å². The maximum absolute atomic E-state index is 12.8. The maximum Gasteiger partial charge on any atom is 0.269 e. The van der Waals surface area contributed by atoms with Gasteiger partial charge in [-0.2, -0.15) is 0 Å². The molecule has 0 spiro atoms. The van der Waals surface area contributed by atoms with Gasteiger partial charge in [0.25, 0.3) is 11.8 Å². The topological polar surface area (TPSA) is 89.5 Å². The van der Waals surface area contributed by atoms with E-state index in [9.17, 15) is 9.59 Å². The lowest BCUT2D eigenvalue weighted by molar-refractivity contribution is -0.128. The van der Waals surface area contributed by atoms with Crippen molar-refractivity contribution in [1.82, 2.24) is 15.6 Å². The van der Waals surface area contributed by atoms with E-state index in [0.29, 0.717) is 17.2 Å². The second-order valence-electron chi connectivity index (χ2n) is 9.97. The van der Waals surface area contributed by atoms with Crippen LogP contribution < -0.4 is 20.1 Å². The number of carbonyl (C=O) groups excluding carboxylic acids is 2. The summed E-state index contributed by atoms with van der Waals surface area (Å²) in [5.74, 6) is 3.73. The summed E-state index contributed by atoms with van der Waals surface area (Å²) in [5, 5.41) is 5.90. The molecule has 4 aliphatic carbocycles. The molecule has 2 N–H and O–H groups in total. The lowest BCUT2D eigenvalue weighted by atomic mass is 9.53. The molecular weight excluding hydrogens is 418 g/mol. The van der Waals surface area contributed by atoms with Crippen molar-refractivity contribution in [1.29, 1.82) is 0 Å². The highest BCUT2D eigenvalue weighted by Gasteiger charge is 2.51. The van der Waals surface area contributed by atoms with Crippen molar-refractivity contribution in [2.75, 3.05) is 13.7 Å².